The maximum atomic E-state index is 12.5. The molecule has 2 N–H and O–H groups in total. The fourth-order valence-corrected chi connectivity index (χ4v) is 4.10. The molecule has 0 spiro atoms. The number of likely N-dealkylation sites (tertiary alicyclic amines) is 2. The van der Waals surface area contributed by atoms with E-state index in [0.29, 0.717) is 38.5 Å². The van der Waals surface area contributed by atoms with Crippen LogP contribution in [-0.4, -0.2) is 60.4 Å². The van der Waals surface area contributed by atoms with Gasteiger partial charge in [-0.05, 0) is 37.3 Å². The van der Waals surface area contributed by atoms with E-state index in [1.807, 2.05) is 40.1 Å². The van der Waals surface area contributed by atoms with E-state index in [9.17, 15) is 9.59 Å². The van der Waals surface area contributed by atoms with E-state index in [4.69, 9.17) is 10.5 Å². The van der Waals surface area contributed by atoms with Gasteiger partial charge in [-0.3, -0.25) is 9.59 Å². The first kappa shape index (κ1) is 18.7. The monoisotopic (exact) mass is 359 g/mol. The standard InChI is InChI=1S/C20H29N3O3/c21-11-13-23-18-10-12-22(15-16(18)8-9-20(23)25)19(24)7-4-14-26-17-5-2-1-3-6-17/h1-3,5-6,16,18H,4,7-15,21H2/t16-,18+/m0/s1. The van der Waals surface area contributed by atoms with Gasteiger partial charge in [-0.15, -0.1) is 0 Å². The van der Waals surface area contributed by atoms with E-state index >= 15 is 0 Å². The van der Waals surface area contributed by atoms with Crippen LogP contribution in [0.2, 0.25) is 0 Å². The molecule has 0 bridgehead atoms. The third-order valence-electron chi connectivity index (χ3n) is 5.41. The van der Waals surface area contributed by atoms with E-state index in [1.165, 1.54) is 0 Å². The molecule has 2 aliphatic heterocycles. The Morgan fingerprint density at radius 1 is 1.23 bits per heavy atom. The Hall–Kier alpha value is -2.08. The summed E-state index contributed by atoms with van der Waals surface area (Å²) in [5.74, 6) is 1.64. The zero-order valence-corrected chi connectivity index (χ0v) is 15.3. The highest BCUT2D eigenvalue weighted by Crippen LogP contribution is 2.31. The van der Waals surface area contributed by atoms with E-state index in [-0.39, 0.29) is 17.9 Å². The van der Waals surface area contributed by atoms with Crippen LogP contribution in [0.4, 0.5) is 0 Å². The highest BCUT2D eigenvalue weighted by atomic mass is 16.5. The fourth-order valence-electron chi connectivity index (χ4n) is 4.10. The number of ether oxygens (including phenoxy) is 1. The normalized spacial score (nSPS) is 22.9. The predicted molar refractivity (Wildman–Crippen MR) is 99.6 cm³/mol. The molecule has 26 heavy (non-hydrogen) atoms. The van der Waals surface area contributed by atoms with Crippen molar-refractivity contribution in [3.05, 3.63) is 30.3 Å². The second-order valence-corrected chi connectivity index (χ2v) is 7.14. The third kappa shape index (κ3) is 4.55. The number of amides is 2. The van der Waals surface area contributed by atoms with Gasteiger partial charge in [0.1, 0.15) is 5.75 Å². The molecule has 6 heteroatoms. The summed E-state index contributed by atoms with van der Waals surface area (Å²) < 4.78 is 5.66. The number of piperidine rings is 2. The lowest BCUT2D eigenvalue weighted by molar-refractivity contribution is -0.144. The molecule has 2 atom stereocenters. The molecule has 3 rings (SSSR count). The van der Waals surface area contributed by atoms with Crippen LogP contribution in [0, 0.1) is 5.92 Å². The van der Waals surface area contributed by atoms with Crippen molar-refractivity contribution in [3.8, 4) is 5.75 Å². The van der Waals surface area contributed by atoms with Gasteiger partial charge in [0.25, 0.3) is 0 Å². The van der Waals surface area contributed by atoms with Crippen molar-refractivity contribution in [2.75, 3.05) is 32.8 Å². The van der Waals surface area contributed by atoms with Gasteiger partial charge < -0.3 is 20.3 Å². The number of para-hydroxylation sites is 1. The quantitative estimate of drug-likeness (QED) is 0.751. The van der Waals surface area contributed by atoms with Crippen LogP contribution in [0.1, 0.15) is 32.1 Å². The molecule has 2 aliphatic rings. The Balaban J connectivity index is 1.43. The summed E-state index contributed by atoms with van der Waals surface area (Å²) in [4.78, 5) is 28.6. The summed E-state index contributed by atoms with van der Waals surface area (Å²) in [6.45, 7) is 3.17. The summed E-state index contributed by atoms with van der Waals surface area (Å²) in [6.07, 6.45) is 3.55. The average Bonchev–Trinajstić information content (AvgIpc) is 2.68. The van der Waals surface area contributed by atoms with Crippen LogP contribution in [0.3, 0.4) is 0 Å². The van der Waals surface area contributed by atoms with Gasteiger partial charge in [-0.2, -0.15) is 0 Å². The van der Waals surface area contributed by atoms with Gasteiger partial charge in [0.05, 0.1) is 6.61 Å². The molecule has 2 fully saturated rings. The van der Waals surface area contributed by atoms with Crippen LogP contribution in [0.25, 0.3) is 0 Å². The predicted octanol–water partition coefficient (Wildman–Crippen LogP) is 1.64. The number of rotatable bonds is 7. The van der Waals surface area contributed by atoms with Crippen LogP contribution in [-0.2, 0) is 9.59 Å². The van der Waals surface area contributed by atoms with E-state index < -0.39 is 0 Å². The lowest BCUT2D eigenvalue weighted by Crippen LogP contribution is -2.57. The third-order valence-corrected chi connectivity index (χ3v) is 5.41. The van der Waals surface area contributed by atoms with Crippen molar-refractivity contribution in [2.45, 2.75) is 38.1 Å². The van der Waals surface area contributed by atoms with Gasteiger partial charge in [-0.1, -0.05) is 18.2 Å². The van der Waals surface area contributed by atoms with Crippen LogP contribution >= 0.6 is 0 Å². The first-order chi connectivity index (χ1) is 12.7. The molecule has 0 saturated carbocycles. The van der Waals surface area contributed by atoms with Crippen molar-refractivity contribution in [1.82, 2.24) is 9.80 Å². The smallest absolute Gasteiger partial charge is 0.222 e. The second-order valence-electron chi connectivity index (χ2n) is 7.14. The van der Waals surface area contributed by atoms with Crippen LogP contribution in [0.5, 0.6) is 5.75 Å². The number of carbonyl (C=O) groups is 2. The van der Waals surface area contributed by atoms with E-state index in [1.54, 1.807) is 0 Å². The van der Waals surface area contributed by atoms with Crippen molar-refractivity contribution in [1.29, 1.82) is 0 Å². The Morgan fingerprint density at radius 2 is 2.04 bits per heavy atom. The number of nitrogens with two attached hydrogens (primary N) is 1. The minimum Gasteiger partial charge on any atom is -0.494 e. The Labute approximate surface area is 155 Å². The summed E-state index contributed by atoms with van der Waals surface area (Å²) >= 11 is 0. The zero-order chi connectivity index (χ0) is 18.4. The molecular weight excluding hydrogens is 330 g/mol. The first-order valence-corrected chi connectivity index (χ1v) is 9.64. The number of carbonyl (C=O) groups excluding carboxylic acids is 2. The fraction of sp³-hybridized carbons (Fsp3) is 0.600. The highest BCUT2D eigenvalue weighted by Gasteiger charge is 2.39. The molecule has 1 aromatic rings. The molecule has 0 aliphatic carbocycles. The summed E-state index contributed by atoms with van der Waals surface area (Å²) in [7, 11) is 0. The van der Waals surface area contributed by atoms with Gasteiger partial charge in [0.2, 0.25) is 11.8 Å². The van der Waals surface area contributed by atoms with Crippen LogP contribution < -0.4 is 10.5 Å². The molecule has 1 aromatic carbocycles. The molecule has 142 valence electrons. The zero-order valence-electron chi connectivity index (χ0n) is 15.3. The number of hydrogen-bond donors (Lipinski definition) is 1. The Morgan fingerprint density at radius 3 is 2.81 bits per heavy atom. The summed E-state index contributed by atoms with van der Waals surface area (Å²) in [5, 5.41) is 0. The van der Waals surface area contributed by atoms with Gasteiger partial charge in [-0.25, -0.2) is 0 Å². The minimum atomic E-state index is 0.197. The maximum Gasteiger partial charge on any atom is 0.222 e. The second kappa shape index (κ2) is 9.03. The van der Waals surface area contributed by atoms with Crippen molar-refractivity contribution < 1.29 is 14.3 Å². The van der Waals surface area contributed by atoms with E-state index in [0.717, 1.165) is 38.1 Å². The number of hydrogen-bond acceptors (Lipinski definition) is 4. The van der Waals surface area contributed by atoms with Crippen molar-refractivity contribution in [2.24, 2.45) is 11.7 Å². The number of fused-ring (bicyclic) bond motifs is 1. The molecule has 6 nitrogen and oxygen atoms in total. The lowest BCUT2D eigenvalue weighted by atomic mass is 9.83. The number of nitrogens with zero attached hydrogens (tertiary/aromatic N) is 2. The molecule has 0 unspecified atom stereocenters. The molecule has 2 heterocycles. The summed E-state index contributed by atoms with van der Waals surface area (Å²) in [6, 6.07) is 9.92. The largest absolute Gasteiger partial charge is 0.494 e. The van der Waals surface area contributed by atoms with Crippen LogP contribution in [0.15, 0.2) is 30.3 Å². The Bertz CT molecular complexity index is 608. The molecule has 2 amide bonds. The first-order valence-electron chi connectivity index (χ1n) is 9.64. The highest BCUT2D eigenvalue weighted by molar-refractivity contribution is 5.78. The van der Waals surface area contributed by atoms with Gasteiger partial charge in [0.15, 0.2) is 0 Å². The molecular formula is C20H29N3O3. The van der Waals surface area contributed by atoms with Gasteiger partial charge in [0, 0.05) is 45.1 Å². The minimum absolute atomic E-state index is 0.197. The van der Waals surface area contributed by atoms with Gasteiger partial charge >= 0.3 is 0 Å². The Kier molecular flexibility index (Phi) is 6.50. The lowest BCUT2D eigenvalue weighted by Gasteiger charge is -2.47. The number of benzene rings is 1. The van der Waals surface area contributed by atoms with Crippen molar-refractivity contribution in [3.63, 3.8) is 0 Å². The summed E-state index contributed by atoms with van der Waals surface area (Å²) in [5.41, 5.74) is 5.66. The topological polar surface area (TPSA) is 75.9 Å². The SMILES string of the molecule is NCCN1C(=O)CC[C@H]2CN(C(=O)CCCOc3ccccc3)CC[C@H]21. The van der Waals surface area contributed by atoms with Crippen molar-refractivity contribution >= 4 is 11.8 Å². The average molecular weight is 359 g/mol. The molecule has 0 radical (unpaired) electrons. The van der Waals surface area contributed by atoms with E-state index in [2.05, 4.69) is 0 Å². The maximum absolute atomic E-state index is 12.5. The molecule has 0 aromatic heterocycles. The molecule has 2 saturated heterocycles.